The van der Waals surface area contributed by atoms with Crippen LogP contribution in [-0.4, -0.2) is 21.1 Å². The van der Waals surface area contributed by atoms with Gasteiger partial charge in [-0.05, 0) is 11.6 Å². The van der Waals surface area contributed by atoms with Crippen molar-refractivity contribution in [2.75, 3.05) is 11.4 Å². The van der Waals surface area contributed by atoms with Crippen molar-refractivity contribution in [2.45, 2.75) is 18.4 Å². The Labute approximate surface area is 108 Å². The van der Waals surface area contributed by atoms with Crippen LogP contribution in [-0.2, 0) is 18.4 Å². The summed E-state index contributed by atoms with van der Waals surface area (Å²) >= 11 is 3.43. The van der Waals surface area contributed by atoms with E-state index in [0.29, 0.717) is 0 Å². The molecule has 2 aromatic rings. The van der Waals surface area contributed by atoms with E-state index in [0.717, 1.165) is 36.6 Å². The third-order valence-electron chi connectivity index (χ3n) is 3.03. The highest BCUT2D eigenvalue weighted by Gasteiger charge is 2.17. The molecule has 0 fully saturated rings. The summed E-state index contributed by atoms with van der Waals surface area (Å²) in [7, 11) is 0. The van der Waals surface area contributed by atoms with Crippen LogP contribution < -0.4 is 4.90 Å². The largest absolute Gasteiger partial charge is 0.347 e. The van der Waals surface area contributed by atoms with Crippen LogP contribution in [0.3, 0.4) is 0 Å². The molecular formula is C12H13BrN4. The number of fused-ring (bicyclic) bond motifs is 1. The Morgan fingerprint density at radius 2 is 2.18 bits per heavy atom. The molecule has 17 heavy (non-hydrogen) atoms. The first-order chi connectivity index (χ1) is 8.36. The highest BCUT2D eigenvalue weighted by atomic mass is 79.9. The van der Waals surface area contributed by atoms with Crippen LogP contribution in [0.25, 0.3) is 0 Å². The van der Waals surface area contributed by atoms with E-state index < -0.39 is 0 Å². The topological polar surface area (TPSA) is 34.0 Å². The fraction of sp³-hybridized carbons (Fsp3) is 0.333. The lowest BCUT2D eigenvalue weighted by Crippen LogP contribution is -2.34. The average Bonchev–Trinajstić information content (AvgIpc) is 2.86. The number of pyridine rings is 1. The number of imidazole rings is 1. The zero-order valence-electron chi connectivity index (χ0n) is 9.38. The van der Waals surface area contributed by atoms with Crippen molar-refractivity contribution in [3.05, 3.63) is 42.1 Å². The van der Waals surface area contributed by atoms with Gasteiger partial charge < -0.3 is 9.47 Å². The highest BCUT2D eigenvalue weighted by Crippen LogP contribution is 2.18. The summed E-state index contributed by atoms with van der Waals surface area (Å²) in [4.78, 5) is 11.1. The van der Waals surface area contributed by atoms with E-state index in [4.69, 9.17) is 0 Å². The lowest BCUT2D eigenvalue weighted by Gasteiger charge is -2.28. The molecule has 3 rings (SSSR count). The van der Waals surface area contributed by atoms with Gasteiger partial charge in [0.25, 0.3) is 0 Å². The van der Waals surface area contributed by atoms with Crippen molar-refractivity contribution in [3.8, 4) is 0 Å². The van der Waals surface area contributed by atoms with Crippen LogP contribution >= 0.6 is 15.9 Å². The molecule has 3 heterocycles. The Kier molecular flexibility index (Phi) is 2.84. The summed E-state index contributed by atoms with van der Waals surface area (Å²) in [6.45, 7) is 2.81. The van der Waals surface area contributed by atoms with E-state index in [1.54, 1.807) is 0 Å². The molecule has 1 aliphatic rings. The van der Waals surface area contributed by atoms with E-state index in [1.165, 1.54) is 5.56 Å². The Balaban J connectivity index is 1.81. The zero-order valence-corrected chi connectivity index (χ0v) is 11.0. The van der Waals surface area contributed by atoms with Crippen molar-refractivity contribution in [1.82, 2.24) is 14.5 Å². The molecule has 0 radical (unpaired) electrons. The number of hydrogen-bond acceptors (Lipinski definition) is 3. The molecule has 0 aromatic carbocycles. The van der Waals surface area contributed by atoms with Crippen molar-refractivity contribution < 1.29 is 0 Å². The molecule has 0 N–H and O–H groups in total. The monoisotopic (exact) mass is 292 g/mol. The van der Waals surface area contributed by atoms with E-state index in [9.17, 15) is 0 Å². The van der Waals surface area contributed by atoms with Gasteiger partial charge in [-0.25, -0.2) is 9.97 Å². The minimum absolute atomic E-state index is 0.841. The van der Waals surface area contributed by atoms with Gasteiger partial charge in [0.1, 0.15) is 11.6 Å². The average molecular weight is 293 g/mol. The molecule has 2 aromatic heterocycles. The summed E-state index contributed by atoms with van der Waals surface area (Å²) < 4.78 is 2.20. The number of halogens is 1. The molecule has 0 spiro atoms. The number of hydrogen-bond donors (Lipinski definition) is 0. The lowest BCUT2D eigenvalue weighted by atomic mass is 10.3. The van der Waals surface area contributed by atoms with E-state index in [2.05, 4.69) is 47.5 Å². The van der Waals surface area contributed by atoms with Gasteiger partial charge >= 0.3 is 0 Å². The molecule has 0 amide bonds. The van der Waals surface area contributed by atoms with E-state index in [-0.39, 0.29) is 0 Å². The first-order valence-electron chi connectivity index (χ1n) is 5.62. The maximum absolute atomic E-state index is 4.49. The standard InChI is InChI=1S/C12H13BrN4/c13-7-10-1-2-11(15-8-10)17-6-5-16-4-3-14-12(16)9-17/h1-4,8H,5-7,9H2. The van der Waals surface area contributed by atoms with Crippen molar-refractivity contribution in [1.29, 1.82) is 0 Å². The summed E-state index contributed by atoms with van der Waals surface area (Å²) in [5, 5.41) is 0.852. The Morgan fingerprint density at radius 3 is 2.94 bits per heavy atom. The number of anilines is 1. The number of aromatic nitrogens is 3. The molecule has 4 nitrogen and oxygen atoms in total. The Bertz CT molecular complexity index is 505. The van der Waals surface area contributed by atoms with Crippen LogP contribution in [0, 0.1) is 0 Å². The highest BCUT2D eigenvalue weighted by molar-refractivity contribution is 9.08. The first-order valence-corrected chi connectivity index (χ1v) is 6.75. The molecule has 0 saturated carbocycles. The predicted octanol–water partition coefficient (Wildman–Crippen LogP) is 2.19. The molecule has 88 valence electrons. The summed E-state index contributed by atoms with van der Waals surface area (Å²) in [5.74, 6) is 2.14. The molecule has 0 aliphatic carbocycles. The minimum Gasteiger partial charge on any atom is -0.347 e. The first kappa shape index (κ1) is 10.8. The summed E-state index contributed by atoms with van der Waals surface area (Å²) in [5.41, 5.74) is 1.20. The van der Waals surface area contributed by atoms with Gasteiger partial charge in [-0.3, -0.25) is 0 Å². The second-order valence-corrected chi connectivity index (χ2v) is 4.68. The second kappa shape index (κ2) is 4.49. The molecule has 0 atom stereocenters. The zero-order chi connectivity index (χ0) is 11.7. The van der Waals surface area contributed by atoms with E-state index >= 15 is 0 Å². The minimum atomic E-state index is 0.841. The van der Waals surface area contributed by atoms with Gasteiger partial charge in [-0.2, -0.15) is 0 Å². The van der Waals surface area contributed by atoms with Crippen LogP contribution in [0.4, 0.5) is 5.82 Å². The van der Waals surface area contributed by atoms with Crippen LogP contribution in [0.1, 0.15) is 11.4 Å². The smallest absolute Gasteiger partial charge is 0.128 e. The van der Waals surface area contributed by atoms with E-state index in [1.807, 2.05) is 18.6 Å². The van der Waals surface area contributed by atoms with Gasteiger partial charge in [-0.15, -0.1) is 0 Å². The van der Waals surface area contributed by atoms with Gasteiger partial charge in [0.15, 0.2) is 0 Å². The lowest BCUT2D eigenvalue weighted by molar-refractivity contribution is 0.556. The summed E-state index contributed by atoms with van der Waals surface area (Å²) in [6, 6.07) is 4.19. The molecule has 0 unspecified atom stereocenters. The number of alkyl halides is 1. The predicted molar refractivity (Wildman–Crippen MR) is 70.1 cm³/mol. The quantitative estimate of drug-likeness (QED) is 0.796. The Morgan fingerprint density at radius 1 is 1.24 bits per heavy atom. The van der Waals surface area contributed by atoms with Gasteiger partial charge in [-0.1, -0.05) is 22.0 Å². The van der Waals surface area contributed by atoms with Crippen LogP contribution in [0.15, 0.2) is 30.7 Å². The van der Waals surface area contributed by atoms with Crippen LogP contribution in [0.2, 0.25) is 0 Å². The number of rotatable bonds is 2. The third-order valence-corrected chi connectivity index (χ3v) is 3.68. The fourth-order valence-electron chi connectivity index (χ4n) is 2.05. The normalized spacial score (nSPS) is 14.8. The number of nitrogens with zero attached hydrogens (tertiary/aromatic N) is 4. The van der Waals surface area contributed by atoms with Crippen molar-refractivity contribution in [2.24, 2.45) is 0 Å². The second-order valence-electron chi connectivity index (χ2n) is 4.12. The SMILES string of the molecule is BrCc1ccc(N2CCn3ccnc3C2)nc1. The third kappa shape index (κ3) is 2.07. The maximum atomic E-state index is 4.49. The fourth-order valence-corrected chi connectivity index (χ4v) is 2.38. The molecular weight excluding hydrogens is 280 g/mol. The molecule has 0 saturated heterocycles. The maximum Gasteiger partial charge on any atom is 0.128 e. The molecule has 5 heteroatoms. The van der Waals surface area contributed by atoms with Crippen molar-refractivity contribution in [3.63, 3.8) is 0 Å². The van der Waals surface area contributed by atoms with Gasteiger partial charge in [0.05, 0.1) is 6.54 Å². The molecule has 0 bridgehead atoms. The van der Waals surface area contributed by atoms with Crippen LogP contribution in [0.5, 0.6) is 0 Å². The molecule has 1 aliphatic heterocycles. The van der Waals surface area contributed by atoms with Gasteiger partial charge in [0.2, 0.25) is 0 Å². The summed E-state index contributed by atoms with van der Waals surface area (Å²) in [6.07, 6.45) is 5.82. The van der Waals surface area contributed by atoms with Crippen molar-refractivity contribution >= 4 is 21.7 Å². The Hall–Kier alpha value is -1.36. The van der Waals surface area contributed by atoms with Gasteiger partial charge in [0, 0.05) is 37.0 Å².